The molecule has 5 heteroatoms. The van der Waals surface area contributed by atoms with Crippen LogP contribution >= 0.6 is 11.8 Å². The van der Waals surface area contributed by atoms with Crippen molar-refractivity contribution in [1.29, 1.82) is 0 Å². The highest BCUT2D eigenvalue weighted by Crippen LogP contribution is 2.26. The van der Waals surface area contributed by atoms with E-state index >= 15 is 0 Å². The van der Waals surface area contributed by atoms with Crippen molar-refractivity contribution in [2.75, 3.05) is 6.54 Å². The van der Waals surface area contributed by atoms with E-state index in [-0.39, 0.29) is 16.7 Å². The second kappa shape index (κ2) is 6.62. The third-order valence-electron chi connectivity index (χ3n) is 4.11. The van der Waals surface area contributed by atoms with Crippen LogP contribution in [0.3, 0.4) is 0 Å². The Hall–Kier alpha value is -2.01. The molecule has 0 saturated heterocycles. The molecule has 0 bridgehead atoms. The molecule has 1 amide bonds. The number of carbonyl (C=O) groups excluding carboxylic acids is 1. The van der Waals surface area contributed by atoms with Crippen LogP contribution in [0.4, 0.5) is 0 Å². The minimum absolute atomic E-state index is 0.0770. The van der Waals surface area contributed by atoms with E-state index in [4.69, 9.17) is 0 Å². The smallest absolute Gasteiger partial charge is 0.248 e. The average molecular weight is 328 g/mol. The number of aryl methyl sites for hydroxylation is 1. The van der Waals surface area contributed by atoms with E-state index < -0.39 is 0 Å². The number of nitrogens with one attached hydrogen (secondary N) is 1. The van der Waals surface area contributed by atoms with Crippen molar-refractivity contribution in [3.63, 3.8) is 0 Å². The van der Waals surface area contributed by atoms with Crippen molar-refractivity contribution in [3.05, 3.63) is 63.6 Å². The first-order chi connectivity index (χ1) is 11.0. The Kier molecular flexibility index (Phi) is 4.57. The Morgan fingerprint density at radius 3 is 2.74 bits per heavy atom. The average Bonchev–Trinajstić information content (AvgIpc) is 2.55. The van der Waals surface area contributed by atoms with Gasteiger partial charge in [-0.1, -0.05) is 17.7 Å². The predicted molar refractivity (Wildman–Crippen MR) is 92.7 cm³/mol. The van der Waals surface area contributed by atoms with Gasteiger partial charge in [-0.3, -0.25) is 9.59 Å². The summed E-state index contributed by atoms with van der Waals surface area (Å²) in [6, 6.07) is 9.88. The molecule has 0 radical (unpaired) electrons. The van der Waals surface area contributed by atoms with Gasteiger partial charge in [-0.05, 0) is 43.5 Å². The molecule has 1 atom stereocenters. The molecule has 1 aliphatic heterocycles. The molecular formula is C18H20N2O2S. The van der Waals surface area contributed by atoms with Crippen LogP contribution in [0.25, 0.3) is 0 Å². The fraction of sp³-hybridized carbons (Fsp3) is 0.333. The summed E-state index contributed by atoms with van der Waals surface area (Å²) in [7, 11) is 0. The fourth-order valence-corrected chi connectivity index (χ4v) is 3.73. The Morgan fingerprint density at radius 1 is 1.26 bits per heavy atom. The minimum atomic E-state index is -0.123. The number of rotatable bonds is 3. The summed E-state index contributed by atoms with van der Waals surface area (Å²) in [4.78, 5) is 29.7. The first kappa shape index (κ1) is 15.9. The van der Waals surface area contributed by atoms with Gasteiger partial charge in [0.1, 0.15) is 0 Å². The van der Waals surface area contributed by atoms with Crippen molar-refractivity contribution >= 4 is 17.7 Å². The second-order valence-corrected chi connectivity index (χ2v) is 7.34. The number of hydrogen-bond acceptors (Lipinski definition) is 3. The number of H-pyrrole nitrogens is 1. The molecule has 4 nitrogen and oxygen atoms in total. The highest BCUT2D eigenvalue weighted by Gasteiger charge is 2.25. The Balaban J connectivity index is 1.67. The predicted octanol–water partition coefficient (Wildman–Crippen LogP) is 2.75. The Labute approximate surface area is 139 Å². The number of hydrogen-bond donors (Lipinski definition) is 1. The molecule has 2 aromatic rings. The zero-order chi connectivity index (χ0) is 16.4. The van der Waals surface area contributed by atoms with Crippen LogP contribution in [0.1, 0.15) is 23.6 Å². The van der Waals surface area contributed by atoms with Gasteiger partial charge in [0.2, 0.25) is 11.5 Å². The van der Waals surface area contributed by atoms with Crippen LogP contribution in [0.5, 0.6) is 0 Å². The van der Waals surface area contributed by atoms with Crippen LogP contribution in [0.2, 0.25) is 0 Å². The van der Waals surface area contributed by atoms with Gasteiger partial charge in [-0.15, -0.1) is 11.8 Å². The van der Waals surface area contributed by atoms with E-state index in [0.717, 1.165) is 22.4 Å². The summed E-state index contributed by atoms with van der Waals surface area (Å²) < 4.78 is 0. The van der Waals surface area contributed by atoms with Gasteiger partial charge in [0, 0.05) is 30.2 Å². The number of nitrogens with zero attached hydrogens (tertiary/aromatic N) is 1. The molecule has 1 N–H and O–H groups in total. The van der Waals surface area contributed by atoms with Gasteiger partial charge in [0.05, 0.1) is 5.25 Å². The molecule has 120 valence electrons. The molecule has 0 aliphatic carbocycles. The largest absolute Gasteiger partial charge is 0.337 e. The first-order valence-electron chi connectivity index (χ1n) is 7.75. The van der Waals surface area contributed by atoms with Gasteiger partial charge in [-0.2, -0.15) is 0 Å². The number of pyridine rings is 1. The van der Waals surface area contributed by atoms with E-state index in [2.05, 4.69) is 36.2 Å². The molecule has 1 unspecified atom stereocenters. The zero-order valence-electron chi connectivity index (χ0n) is 13.3. The second-order valence-electron chi connectivity index (χ2n) is 5.93. The topological polar surface area (TPSA) is 53.2 Å². The van der Waals surface area contributed by atoms with Gasteiger partial charge in [0.25, 0.3) is 0 Å². The third kappa shape index (κ3) is 3.67. The summed E-state index contributed by atoms with van der Waals surface area (Å²) in [6.45, 7) is 5.26. The SMILES string of the molecule is Cc1ccc(SC(C)C(=O)N2CCc3cc(=O)[nH]cc3C2)cc1. The van der Waals surface area contributed by atoms with Gasteiger partial charge in [-0.25, -0.2) is 0 Å². The number of aromatic amines is 1. The van der Waals surface area contributed by atoms with Crippen molar-refractivity contribution in [2.45, 2.75) is 37.0 Å². The molecule has 1 aliphatic rings. The van der Waals surface area contributed by atoms with Gasteiger partial charge < -0.3 is 9.88 Å². The molecule has 0 fully saturated rings. The molecule has 3 rings (SSSR count). The summed E-state index contributed by atoms with van der Waals surface area (Å²) >= 11 is 1.59. The maximum Gasteiger partial charge on any atom is 0.248 e. The molecule has 1 aromatic carbocycles. The fourth-order valence-electron chi connectivity index (χ4n) is 2.78. The van der Waals surface area contributed by atoms with Crippen LogP contribution in [0.15, 0.2) is 46.2 Å². The lowest BCUT2D eigenvalue weighted by molar-refractivity contribution is -0.131. The van der Waals surface area contributed by atoms with E-state index in [1.54, 1.807) is 24.0 Å². The van der Waals surface area contributed by atoms with Crippen LogP contribution in [0, 0.1) is 6.92 Å². The van der Waals surface area contributed by atoms with Gasteiger partial charge >= 0.3 is 0 Å². The minimum Gasteiger partial charge on any atom is -0.337 e. The molecule has 1 aromatic heterocycles. The first-order valence-corrected chi connectivity index (χ1v) is 8.63. The summed E-state index contributed by atoms with van der Waals surface area (Å²) in [5.41, 5.74) is 3.23. The normalized spacial score (nSPS) is 15.1. The maximum atomic E-state index is 12.7. The number of benzene rings is 1. The van der Waals surface area contributed by atoms with Crippen molar-refractivity contribution in [2.24, 2.45) is 0 Å². The van der Waals surface area contributed by atoms with Crippen molar-refractivity contribution in [1.82, 2.24) is 9.88 Å². The maximum absolute atomic E-state index is 12.7. The zero-order valence-corrected chi connectivity index (χ0v) is 14.2. The molecular weight excluding hydrogens is 308 g/mol. The monoisotopic (exact) mass is 328 g/mol. The van der Waals surface area contributed by atoms with E-state index in [1.165, 1.54) is 5.56 Å². The van der Waals surface area contributed by atoms with E-state index in [1.807, 2.05) is 11.8 Å². The molecule has 23 heavy (non-hydrogen) atoms. The number of carbonyl (C=O) groups is 1. The molecule has 0 spiro atoms. The summed E-state index contributed by atoms with van der Waals surface area (Å²) in [5.74, 6) is 0.146. The molecule has 0 saturated carbocycles. The van der Waals surface area contributed by atoms with Crippen LogP contribution in [-0.2, 0) is 17.8 Å². The number of aromatic nitrogens is 1. The lowest BCUT2D eigenvalue weighted by Gasteiger charge is -2.30. The third-order valence-corrected chi connectivity index (χ3v) is 5.21. The lowest BCUT2D eigenvalue weighted by Crippen LogP contribution is -2.40. The van der Waals surface area contributed by atoms with Crippen LogP contribution < -0.4 is 5.56 Å². The van der Waals surface area contributed by atoms with Gasteiger partial charge in [0.15, 0.2) is 0 Å². The highest BCUT2D eigenvalue weighted by atomic mass is 32.2. The summed E-state index contributed by atoms with van der Waals surface area (Å²) in [6.07, 6.45) is 2.47. The number of fused-ring (bicyclic) bond motifs is 1. The summed E-state index contributed by atoms with van der Waals surface area (Å²) in [5, 5.41) is -0.123. The number of thioether (sulfide) groups is 1. The quantitative estimate of drug-likeness (QED) is 0.882. The standard InChI is InChI=1S/C18H20N2O2S/c1-12-3-5-16(6-4-12)23-13(2)18(22)20-8-7-14-9-17(21)19-10-15(14)11-20/h3-6,9-10,13H,7-8,11H2,1-2H3,(H,19,21). The van der Waals surface area contributed by atoms with E-state index in [0.29, 0.717) is 13.1 Å². The van der Waals surface area contributed by atoms with Crippen LogP contribution in [-0.4, -0.2) is 27.6 Å². The Morgan fingerprint density at radius 2 is 2.00 bits per heavy atom. The van der Waals surface area contributed by atoms with E-state index in [9.17, 15) is 9.59 Å². The highest BCUT2D eigenvalue weighted by molar-refractivity contribution is 8.00. The van der Waals surface area contributed by atoms with Crippen molar-refractivity contribution in [3.8, 4) is 0 Å². The lowest BCUT2D eigenvalue weighted by atomic mass is 10.0. The Bertz CT molecular complexity index is 767. The number of amides is 1. The molecule has 2 heterocycles. The van der Waals surface area contributed by atoms with Crippen molar-refractivity contribution < 1.29 is 4.79 Å².